The van der Waals surface area contributed by atoms with Crippen LogP contribution in [0.4, 0.5) is 0 Å². The Labute approximate surface area is 148 Å². The summed E-state index contributed by atoms with van der Waals surface area (Å²) in [7, 11) is 1.64. The molecule has 0 unspecified atom stereocenters. The molecule has 1 saturated heterocycles. The van der Waals surface area contributed by atoms with Gasteiger partial charge < -0.3 is 4.74 Å². The lowest BCUT2D eigenvalue weighted by Gasteiger charge is -2.24. The molecule has 1 aromatic carbocycles. The molecular weight excluding hydrogens is 314 g/mol. The molecule has 1 aliphatic heterocycles. The summed E-state index contributed by atoms with van der Waals surface area (Å²) in [6, 6.07) is 8.75. The van der Waals surface area contributed by atoms with Crippen LogP contribution in [-0.2, 0) is 6.54 Å². The minimum atomic E-state index is -0.182. The maximum Gasteiger partial charge on any atom is 0.272 e. The molecule has 2 atom stereocenters. The van der Waals surface area contributed by atoms with Gasteiger partial charge in [0.2, 0.25) is 0 Å². The minimum Gasteiger partial charge on any atom is -0.496 e. The topological polar surface area (TPSA) is 58.2 Å². The van der Waals surface area contributed by atoms with Crippen LogP contribution >= 0.6 is 0 Å². The van der Waals surface area contributed by atoms with Gasteiger partial charge in [-0.3, -0.25) is 9.69 Å². The largest absolute Gasteiger partial charge is 0.496 e. The summed E-state index contributed by atoms with van der Waals surface area (Å²) in [4.78, 5) is 14.9. The molecule has 1 saturated carbocycles. The van der Waals surface area contributed by atoms with Crippen molar-refractivity contribution in [1.29, 1.82) is 0 Å². The second-order valence-electron chi connectivity index (χ2n) is 7.40. The summed E-state index contributed by atoms with van der Waals surface area (Å²) in [5.74, 6) is 1.60. The van der Waals surface area contributed by atoms with Gasteiger partial charge >= 0.3 is 0 Å². The Morgan fingerprint density at radius 2 is 2.16 bits per heavy atom. The highest BCUT2D eigenvalue weighted by Gasteiger charge is 2.34. The van der Waals surface area contributed by atoms with E-state index in [-0.39, 0.29) is 5.56 Å². The molecule has 0 spiro atoms. The van der Waals surface area contributed by atoms with Crippen LogP contribution in [0.3, 0.4) is 0 Å². The number of ether oxygens (including phenoxy) is 1. The third-order valence-corrected chi connectivity index (χ3v) is 5.64. The van der Waals surface area contributed by atoms with Crippen molar-refractivity contribution in [2.45, 2.75) is 45.2 Å². The van der Waals surface area contributed by atoms with Crippen LogP contribution in [0, 0.1) is 12.8 Å². The molecule has 132 valence electrons. The number of nitrogens with zero attached hydrogens (tertiary/aromatic N) is 2. The molecule has 2 heterocycles. The number of aromatic nitrogens is 2. The molecule has 25 heavy (non-hydrogen) atoms. The van der Waals surface area contributed by atoms with E-state index in [1.54, 1.807) is 7.11 Å². The number of likely N-dealkylation sites (tertiary alicyclic amines) is 1. The van der Waals surface area contributed by atoms with E-state index in [0.29, 0.717) is 5.56 Å². The Hall–Kier alpha value is -2.14. The lowest BCUT2D eigenvalue weighted by molar-refractivity contribution is 0.237. The molecule has 5 heteroatoms. The summed E-state index contributed by atoms with van der Waals surface area (Å²) >= 11 is 0. The van der Waals surface area contributed by atoms with Crippen LogP contribution in [-0.4, -0.2) is 34.8 Å². The maximum atomic E-state index is 12.3. The van der Waals surface area contributed by atoms with E-state index in [2.05, 4.69) is 27.2 Å². The minimum absolute atomic E-state index is 0.182. The number of fused-ring (bicyclic) bond motifs is 2. The molecule has 4 rings (SSSR count). The monoisotopic (exact) mass is 339 g/mol. The van der Waals surface area contributed by atoms with Gasteiger partial charge in [-0.1, -0.05) is 12.5 Å². The van der Waals surface area contributed by atoms with Gasteiger partial charge in [0.1, 0.15) is 5.75 Å². The normalized spacial score (nSPS) is 23.0. The van der Waals surface area contributed by atoms with Crippen LogP contribution < -0.4 is 10.3 Å². The first-order valence-electron chi connectivity index (χ1n) is 9.11. The molecule has 1 N–H and O–H groups in total. The first-order valence-corrected chi connectivity index (χ1v) is 9.11. The molecule has 2 fully saturated rings. The Morgan fingerprint density at radius 1 is 1.28 bits per heavy atom. The standard InChI is InChI=1S/C20H25N3O2/c1-13-8-18(20(24)22-21-13)17-10-15(6-7-19(17)25-2)12-23-11-14-4-3-5-16(23)9-14/h6-8,10,14,16H,3-5,9,11-12H2,1-2H3,(H,22,24)/t14-,16+/m1/s1. The van der Waals surface area contributed by atoms with Crippen molar-refractivity contribution in [3.05, 3.63) is 45.9 Å². The number of H-pyrrole nitrogens is 1. The molecule has 0 radical (unpaired) electrons. The fraction of sp³-hybridized carbons (Fsp3) is 0.500. The summed E-state index contributed by atoms with van der Waals surface area (Å²) in [5, 5.41) is 6.54. The van der Waals surface area contributed by atoms with Crippen molar-refractivity contribution in [3.63, 3.8) is 0 Å². The van der Waals surface area contributed by atoms with E-state index in [0.717, 1.165) is 35.5 Å². The van der Waals surface area contributed by atoms with Gasteiger partial charge in [-0.15, -0.1) is 0 Å². The predicted molar refractivity (Wildman–Crippen MR) is 97.7 cm³/mol. The van der Waals surface area contributed by atoms with Crippen LogP contribution in [0.1, 0.15) is 36.9 Å². The number of aromatic amines is 1. The molecule has 2 aromatic rings. The van der Waals surface area contributed by atoms with Gasteiger partial charge in [-0.2, -0.15) is 5.10 Å². The van der Waals surface area contributed by atoms with Crippen molar-refractivity contribution in [1.82, 2.24) is 15.1 Å². The lowest BCUT2D eigenvalue weighted by Crippen LogP contribution is -2.28. The van der Waals surface area contributed by atoms with Gasteiger partial charge in [-0.05, 0) is 55.9 Å². The van der Waals surface area contributed by atoms with Crippen LogP contribution in [0.25, 0.3) is 11.1 Å². The van der Waals surface area contributed by atoms with Crippen LogP contribution in [0.2, 0.25) is 0 Å². The predicted octanol–water partition coefficient (Wildman–Crippen LogP) is 3.13. The van der Waals surface area contributed by atoms with Crippen molar-refractivity contribution in [2.75, 3.05) is 13.7 Å². The average molecular weight is 339 g/mol. The van der Waals surface area contributed by atoms with E-state index in [1.165, 1.54) is 37.8 Å². The van der Waals surface area contributed by atoms with E-state index in [4.69, 9.17) is 4.74 Å². The lowest BCUT2D eigenvalue weighted by atomic mass is 9.90. The van der Waals surface area contributed by atoms with E-state index in [9.17, 15) is 4.79 Å². The summed E-state index contributed by atoms with van der Waals surface area (Å²) in [6.45, 7) is 4.03. The first kappa shape index (κ1) is 16.3. The van der Waals surface area contributed by atoms with E-state index < -0.39 is 0 Å². The van der Waals surface area contributed by atoms with Crippen molar-refractivity contribution >= 4 is 0 Å². The molecule has 1 aromatic heterocycles. The van der Waals surface area contributed by atoms with Gasteiger partial charge in [0.15, 0.2) is 0 Å². The highest BCUT2D eigenvalue weighted by atomic mass is 16.5. The number of benzene rings is 1. The molecular formula is C20H25N3O2. The van der Waals surface area contributed by atoms with Crippen LogP contribution in [0.5, 0.6) is 5.75 Å². The third kappa shape index (κ3) is 3.21. The second-order valence-corrected chi connectivity index (χ2v) is 7.40. The van der Waals surface area contributed by atoms with E-state index >= 15 is 0 Å². The third-order valence-electron chi connectivity index (χ3n) is 5.64. The zero-order valence-electron chi connectivity index (χ0n) is 14.9. The molecule has 2 bridgehead atoms. The Bertz CT molecular complexity index is 830. The number of aryl methyl sites for hydroxylation is 1. The average Bonchev–Trinajstić information content (AvgIpc) is 2.90. The number of nitrogens with one attached hydrogen (secondary N) is 1. The van der Waals surface area contributed by atoms with Crippen molar-refractivity contribution in [2.24, 2.45) is 5.92 Å². The second kappa shape index (κ2) is 6.64. The van der Waals surface area contributed by atoms with Crippen molar-refractivity contribution in [3.8, 4) is 16.9 Å². The first-order chi connectivity index (χ1) is 12.1. The van der Waals surface area contributed by atoms with Gasteiger partial charge in [0.05, 0.1) is 18.4 Å². The van der Waals surface area contributed by atoms with E-state index in [1.807, 2.05) is 19.1 Å². The molecule has 0 amide bonds. The maximum absolute atomic E-state index is 12.3. The van der Waals surface area contributed by atoms with Gasteiger partial charge in [-0.25, -0.2) is 5.10 Å². The Balaban J connectivity index is 1.67. The number of hydrogen-bond donors (Lipinski definition) is 1. The number of methoxy groups -OCH3 is 1. The van der Waals surface area contributed by atoms with Gasteiger partial charge in [0.25, 0.3) is 5.56 Å². The number of hydrogen-bond acceptors (Lipinski definition) is 4. The number of rotatable bonds is 4. The molecule has 1 aliphatic carbocycles. The highest BCUT2D eigenvalue weighted by molar-refractivity contribution is 5.70. The Morgan fingerprint density at radius 3 is 2.96 bits per heavy atom. The zero-order chi connectivity index (χ0) is 17.4. The summed E-state index contributed by atoms with van der Waals surface area (Å²) in [6.07, 6.45) is 5.42. The highest BCUT2D eigenvalue weighted by Crippen LogP contribution is 2.37. The fourth-order valence-electron chi connectivity index (χ4n) is 4.44. The molecule has 2 aliphatic rings. The smallest absolute Gasteiger partial charge is 0.272 e. The molecule has 5 nitrogen and oxygen atoms in total. The zero-order valence-corrected chi connectivity index (χ0v) is 14.9. The van der Waals surface area contributed by atoms with Gasteiger partial charge in [0, 0.05) is 24.7 Å². The summed E-state index contributed by atoms with van der Waals surface area (Å²) < 4.78 is 5.50. The Kier molecular flexibility index (Phi) is 4.34. The quantitative estimate of drug-likeness (QED) is 0.930. The summed E-state index contributed by atoms with van der Waals surface area (Å²) in [5.41, 5.74) is 3.30. The fourth-order valence-corrected chi connectivity index (χ4v) is 4.44. The SMILES string of the molecule is COc1ccc(CN2C[C@@H]3CCC[C@H]2C3)cc1-c1cc(C)n[nH]c1=O. The van der Waals surface area contributed by atoms with Crippen molar-refractivity contribution < 1.29 is 4.74 Å². The van der Waals surface area contributed by atoms with Crippen LogP contribution in [0.15, 0.2) is 29.1 Å².